The number of fused-ring (bicyclic) bond motifs is 4. The van der Waals surface area contributed by atoms with Crippen LogP contribution in [0.25, 0.3) is 0 Å². The number of rotatable bonds is 6. The van der Waals surface area contributed by atoms with Crippen LogP contribution in [0, 0.1) is 11.8 Å². The number of benzene rings is 3. The number of hydrogen-bond acceptors (Lipinski definition) is 8. The average molecular weight is 641 g/mol. The Morgan fingerprint density at radius 1 is 0.884 bits per heavy atom. The number of ether oxygens (including phenoxy) is 3. The first-order chi connectivity index (χ1) is 20.9. The van der Waals surface area contributed by atoms with Gasteiger partial charge >= 0.3 is 0 Å². The highest BCUT2D eigenvalue weighted by Gasteiger charge is 2.63. The van der Waals surface area contributed by atoms with E-state index in [1.54, 1.807) is 83.9 Å². The highest BCUT2D eigenvalue weighted by molar-refractivity contribution is 9.10. The number of nitrogens with zero attached hydrogens (tertiary/aromatic N) is 2. The highest BCUT2D eigenvalue weighted by Crippen LogP contribution is 2.48. The number of Topliss-reactive ketones (excluding diaryl/α,β-unsaturated/α-hetero) is 2. The number of ketones is 2. The lowest BCUT2D eigenvalue weighted by atomic mass is 9.85. The zero-order chi connectivity index (χ0) is 29.8. The van der Waals surface area contributed by atoms with Crippen molar-refractivity contribution in [2.45, 2.75) is 12.1 Å². The topological polar surface area (TPSA) is 102 Å². The summed E-state index contributed by atoms with van der Waals surface area (Å²) in [5.41, 5.74) is 1.60. The number of amides is 2. The largest absolute Gasteiger partial charge is 0.496 e. The maximum absolute atomic E-state index is 14.2. The number of hydrogen-bond donors (Lipinski definition) is 0. The lowest BCUT2D eigenvalue weighted by Gasteiger charge is -2.33. The summed E-state index contributed by atoms with van der Waals surface area (Å²) in [6, 6.07) is 17.1. The third kappa shape index (κ3) is 4.36. The molecule has 2 saturated heterocycles. The third-order valence-electron chi connectivity index (χ3n) is 8.34. The Balaban J connectivity index is 1.30. The van der Waals surface area contributed by atoms with Gasteiger partial charge in [-0.05, 0) is 52.3 Å². The second-order valence-corrected chi connectivity index (χ2v) is 11.5. The summed E-state index contributed by atoms with van der Waals surface area (Å²) in [6.07, 6.45) is 5.02. The molecule has 43 heavy (non-hydrogen) atoms. The maximum atomic E-state index is 14.2. The van der Waals surface area contributed by atoms with Gasteiger partial charge in [0.15, 0.2) is 23.1 Å². The fraction of sp³-hybridized carbons (Fsp3) is 0.212. The first kappa shape index (κ1) is 27.2. The van der Waals surface area contributed by atoms with Crippen LogP contribution in [0.2, 0.25) is 0 Å². The van der Waals surface area contributed by atoms with Crippen LogP contribution in [0.1, 0.15) is 20.7 Å². The van der Waals surface area contributed by atoms with Crippen LogP contribution >= 0.6 is 15.9 Å². The Bertz CT molecular complexity index is 1750. The van der Waals surface area contributed by atoms with Gasteiger partial charge in [0.1, 0.15) is 25.0 Å². The minimum absolute atomic E-state index is 0.206. The van der Waals surface area contributed by atoms with E-state index in [0.717, 1.165) is 4.90 Å². The van der Waals surface area contributed by atoms with Crippen molar-refractivity contribution in [3.8, 4) is 17.2 Å². The van der Waals surface area contributed by atoms with Gasteiger partial charge in [-0.1, -0.05) is 36.4 Å². The molecule has 0 aliphatic carbocycles. The zero-order valence-electron chi connectivity index (χ0n) is 22.9. The molecule has 4 aliphatic heterocycles. The van der Waals surface area contributed by atoms with E-state index >= 15 is 0 Å². The van der Waals surface area contributed by atoms with E-state index in [2.05, 4.69) is 15.9 Å². The van der Waals surface area contributed by atoms with Gasteiger partial charge in [-0.25, -0.2) is 4.90 Å². The molecule has 2 amide bonds. The Labute approximate surface area is 255 Å². The van der Waals surface area contributed by atoms with Crippen molar-refractivity contribution in [1.82, 2.24) is 4.90 Å². The standard InChI is InChI=1S/C33H25BrN2O7/c1-41-24-9-7-19(15-22(24)34)31(38)29-28-27(23-16-20(11-12-35(23)29)30(37)18-5-3-2-4-6-18)32(39)36(33(28)40)21-8-10-25-26(17-21)43-14-13-42-25/h2-12,15-17,23,27-29H,13-14H2,1H3/t23-,27+,28+,29-/m0/s1. The van der Waals surface area contributed by atoms with Crippen LogP contribution in [-0.4, -0.2) is 60.7 Å². The van der Waals surface area contributed by atoms with Gasteiger partial charge in [0.25, 0.3) is 0 Å². The van der Waals surface area contributed by atoms with Crippen molar-refractivity contribution >= 4 is 45.0 Å². The van der Waals surface area contributed by atoms with E-state index in [0.29, 0.717) is 57.3 Å². The molecule has 0 saturated carbocycles. The number of carbonyl (C=O) groups is 4. The molecule has 0 aromatic heterocycles. The van der Waals surface area contributed by atoms with E-state index in [4.69, 9.17) is 14.2 Å². The molecule has 0 radical (unpaired) electrons. The molecule has 4 heterocycles. The molecule has 9 nitrogen and oxygen atoms in total. The third-order valence-corrected chi connectivity index (χ3v) is 8.95. The number of methoxy groups -OCH3 is 1. The smallest absolute Gasteiger partial charge is 0.240 e. The molecular weight excluding hydrogens is 616 g/mol. The molecule has 10 heteroatoms. The number of carbonyl (C=O) groups excluding carboxylic acids is 4. The summed E-state index contributed by atoms with van der Waals surface area (Å²) in [7, 11) is 1.53. The minimum Gasteiger partial charge on any atom is -0.496 e. The molecule has 7 rings (SSSR count). The lowest BCUT2D eigenvalue weighted by molar-refractivity contribution is -0.123. The highest BCUT2D eigenvalue weighted by atomic mass is 79.9. The van der Waals surface area contributed by atoms with Crippen LogP contribution < -0.4 is 19.1 Å². The quantitative estimate of drug-likeness (QED) is 0.284. The van der Waals surface area contributed by atoms with Crippen LogP contribution in [-0.2, 0) is 9.59 Å². The monoisotopic (exact) mass is 640 g/mol. The molecular formula is C33H25BrN2O7. The van der Waals surface area contributed by atoms with Crippen LogP contribution in [0.3, 0.4) is 0 Å². The normalized spacial score (nSPS) is 23.5. The SMILES string of the molecule is COc1ccc(C(=O)[C@@H]2[C@@H]3C(=O)N(c4ccc5c(c4)OCCO5)C(=O)[C@@H]3[C@@H]3C=C(C(=O)c4ccccc4)C=CN23)cc1Br. The van der Waals surface area contributed by atoms with E-state index in [1.165, 1.54) is 7.11 Å². The van der Waals surface area contributed by atoms with E-state index < -0.39 is 35.7 Å². The van der Waals surface area contributed by atoms with Gasteiger partial charge < -0.3 is 19.1 Å². The maximum Gasteiger partial charge on any atom is 0.240 e. The van der Waals surface area contributed by atoms with Gasteiger partial charge in [-0.2, -0.15) is 0 Å². The molecule has 4 atom stereocenters. The molecule has 0 bridgehead atoms. The summed E-state index contributed by atoms with van der Waals surface area (Å²) in [6.45, 7) is 0.759. The van der Waals surface area contributed by atoms with Gasteiger partial charge in [0.2, 0.25) is 11.8 Å². The number of halogens is 1. The molecule has 4 aliphatic rings. The summed E-state index contributed by atoms with van der Waals surface area (Å²) < 4.78 is 17.2. The van der Waals surface area contributed by atoms with E-state index in [9.17, 15) is 19.2 Å². The van der Waals surface area contributed by atoms with Crippen molar-refractivity contribution in [2.24, 2.45) is 11.8 Å². The number of anilines is 1. The summed E-state index contributed by atoms with van der Waals surface area (Å²) >= 11 is 3.44. The number of allylic oxidation sites excluding steroid dienone is 2. The predicted octanol–water partition coefficient (Wildman–Crippen LogP) is 4.61. The Hall–Kier alpha value is -4.70. The van der Waals surface area contributed by atoms with Crippen LogP contribution in [0.5, 0.6) is 17.2 Å². The van der Waals surface area contributed by atoms with Crippen molar-refractivity contribution in [1.29, 1.82) is 0 Å². The Kier molecular flexibility index (Phi) is 6.65. The molecule has 3 aromatic carbocycles. The van der Waals surface area contributed by atoms with Crippen molar-refractivity contribution in [2.75, 3.05) is 25.2 Å². The molecule has 2 fully saturated rings. The fourth-order valence-electron chi connectivity index (χ4n) is 6.37. The van der Waals surface area contributed by atoms with E-state index in [1.807, 2.05) is 6.07 Å². The summed E-state index contributed by atoms with van der Waals surface area (Å²) in [5.74, 6) is -1.79. The summed E-state index contributed by atoms with van der Waals surface area (Å²) in [4.78, 5) is 58.7. The zero-order valence-corrected chi connectivity index (χ0v) is 24.5. The van der Waals surface area contributed by atoms with Crippen molar-refractivity contribution < 1.29 is 33.4 Å². The lowest BCUT2D eigenvalue weighted by Crippen LogP contribution is -2.46. The molecule has 0 spiro atoms. The number of imide groups is 1. The molecule has 3 aromatic rings. The second-order valence-electron chi connectivity index (χ2n) is 10.6. The van der Waals surface area contributed by atoms with Crippen LogP contribution in [0.15, 0.2) is 95.1 Å². The first-order valence-electron chi connectivity index (χ1n) is 13.8. The summed E-state index contributed by atoms with van der Waals surface area (Å²) in [5, 5.41) is 0. The minimum atomic E-state index is -0.980. The molecule has 216 valence electrons. The Morgan fingerprint density at radius 3 is 2.37 bits per heavy atom. The fourth-order valence-corrected chi connectivity index (χ4v) is 6.91. The second kappa shape index (κ2) is 10.5. The van der Waals surface area contributed by atoms with Crippen LogP contribution in [0.4, 0.5) is 5.69 Å². The van der Waals surface area contributed by atoms with Crippen molar-refractivity contribution in [3.05, 3.63) is 106 Å². The van der Waals surface area contributed by atoms with Crippen molar-refractivity contribution in [3.63, 3.8) is 0 Å². The van der Waals surface area contributed by atoms with Gasteiger partial charge in [0, 0.05) is 29.0 Å². The Morgan fingerprint density at radius 2 is 1.63 bits per heavy atom. The van der Waals surface area contributed by atoms with Gasteiger partial charge in [-0.15, -0.1) is 0 Å². The van der Waals surface area contributed by atoms with E-state index in [-0.39, 0.29) is 11.6 Å². The average Bonchev–Trinajstić information content (AvgIpc) is 3.51. The first-order valence-corrected chi connectivity index (χ1v) is 14.6. The predicted molar refractivity (Wildman–Crippen MR) is 159 cm³/mol. The molecule has 0 unspecified atom stereocenters. The molecule has 0 N–H and O–H groups in total. The van der Waals surface area contributed by atoms with Gasteiger partial charge in [0.05, 0.1) is 35.1 Å². The van der Waals surface area contributed by atoms with Gasteiger partial charge in [-0.3, -0.25) is 19.2 Å².